The number of fused-ring (bicyclic) bond motifs is 2. The lowest BCUT2D eigenvalue weighted by atomic mass is 9.96. The quantitative estimate of drug-likeness (QED) is 0.338. The van der Waals surface area contributed by atoms with Crippen molar-refractivity contribution in [3.05, 3.63) is 60.0 Å². The molecule has 2 aromatic heterocycles. The number of nitrogens with zero attached hydrogens (tertiary/aromatic N) is 4. The number of aliphatic carboxylic acids is 1. The van der Waals surface area contributed by atoms with Crippen LogP contribution in [0.4, 0.5) is 19.1 Å². The number of sulfonamides is 1. The number of nitrogens with one attached hydrogen (secondary N) is 1. The third-order valence-corrected chi connectivity index (χ3v) is 7.63. The fourth-order valence-corrected chi connectivity index (χ4v) is 4.79. The predicted octanol–water partition coefficient (Wildman–Crippen LogP) is 3.20. The molecule has 3 heterocycles. The SMILES string of the molecule is CN(C)S(=O)(=O)c1ccc2c(c1)CC(c1nc3ccc(-c4ccnc(N)n4)cc3[nH]1)CO2.O=C(O)C(F)(F)F. The number of alkyl halides is 3. The third-order valence-electron chi connectivity index (χ3n) is 5.82. The smallest absolute Gasteiger partial charge is 0.490 e. The van der Waals surface area contributed by atoms with Gasteiger partial charge in [0, 0.05) is 25.9 Å². The van der Waals surface area contributed by atoms with Gasteiger partial charge < -0.3 is 20.6 Å². The van der Waals surface area contributed by atoms with Crippen molar-refractivity contribution in [3.63, 3.8) is 0 Å². The van der Waals surface area contributed by atoms with Crippen LogP contribution in [0, 0.1) is 0 Å². The molecule has 0 fully saturated rings. The Balaban J connectivity index is 0.000000448. The second kappa shape index (κ2) is 10.5. The van der Waals surface area contributed by atoms with Crippen LogP contribution in [0.2, 0.25) is 0 Å². The monoisotopic (exact) mass is 564 g/mol. The van der Waals surface area contributed by atoms with Gasteiger partial charge in [0.15, 0.2) is 0 Å². The first-order chi connectivity index (χ1) is 18.3. The number of anilines is 1. The Morgan fingerprint density at radius 1 is 1.15 bits per heavy atom. The van der Waals surface area contributed by atoms with E-state index in [1.807, 2.05) is 18.2 Å². The zero-order valence-corrected chi connectivity index (χ0v) is 21.4. The van der Waals surface area contributed by atoms with Crippen LogP contribution in [0.15, 0.2) is 53.6 Å². The summed E-state index contributed by atoms with van der Waals surface area (Å²) >= 11 is 0. The molecular weight excluding hydrogens is 541 g/mol. The highest BCUT2D eigenvalue weighted by Crippen LogP contribution is 2.34. The first-order valence-electron chi connectivity index (χ1n) is 11.3. The summed E-state index contributed by atoms with van der Waals surface area (Å²) in [5, 5.41) is 7.12. The number of nitrogens with two attached hydrogens (primary N) is 1. The molecule has 0 amide bonds. The first kappa shape index (κ1) is 27.8. The Morgan fingerprint density at radius 2 is 1.87 bits per heavy atom. The molecule has 0 bridgehead atoms. The topological polar surface area (TPSA) is 164 Å². The second-order valence-electron chi connectivity index (χ2n) is 8.73. The zero-order valence-electron chi connectivity index (χ0n) is 20.6. The number of aromatic nitrogens is 4. The Kier molecular flexibility index (Phi) is 7.48. The Morgan fingerprint density at radius 3 is 2.51 bits per heavy atom. The molecular formula is C24H23F3N6O5S. The minimum absolute atomic E-state index is 0.0228. The fraction of sp³-hybridized carbons (Fsp3) is 0.250. The van der Waals surface area contributed by atoms with Crippen molar-refractivity contribution in [3.8, 4) is 17.0 Å². The van der Waals surface area contributed by atoms with Crippen LogP contribution >= 0.6 is 0 Å². The van der Waals surface area contributed by atoms with Gasteiger partial charge in [-0.15, -0.1) is 0 Å². The van der Waals surface area contributed by atoms with Crippen LogP contribution in [-0.4, -0.2) is 70.6 Å². The number of benzene rings is 2. The van der Waals surface area contributed by atoms with Gasteiger partial charge in [-0.3, -0.25) is 0 Å². The number of ether oxygens (including phenoxy) is 1. The lowest BCUT2D eigenvalue weighted by Crippen LogP contribution is -2.24. The molecule has 0 spiro atoms. The molecule has 4 N–H and O–H groups in total. The van der Waals surface area contributed by atoms with Gasteiger partial charge in [-0.1, -0.05) is 6.07 Å². The fourth-order valence-electron chi connectivity index (χ4n) is 3.83. The van der Waals surface area contributed by atoms with Crippen molar-refractivity contribution in [1.29, 1.82) is 0 Å². The minimum Gasteiger partial charge on any atom is -0.493 e. The molecule has 15 heteroatoms. The number of H-pyrrole nitrogens is 1. The highest BCUT2D eigenvalue weighted by atomic mass is 32.2. The summed E-state index contributed by atoms with van der Waals surface area (Å²) in [6, 6.07) is 12.7. The predicted molar refractivity (Wildman–Crippen MR) is 134 cm³/mol. The second-order valence-corrected chi connectivity index (χ2v) is 10.9. The summed E-state index contributed by atoms with van der Waals surface area (Å²) in [7, 11) is -0.471. The average molecular weight is 565 g/mol. The summed E-state index contributed by atoms with van der Waals surface area (Å²) in [5.41, 5.74) is 9.91. The van der Waals surface area contributed by atoms with Crippen molar-refractivity contribution in [2.75, 3.05) is 26.4 Å². The van der Waals surface area contributed by atoms with Gasteiger partial charge >= 0.3 is 12.1 Å². The number of carboxylic acid groups (broad SMARTS) is 1. The van der Waals surface area contributed by atoms with E-state index in [0.717, 1.165) is 33.7 Å². The maximum Gasteiger partial charge on any atom is 0.490 e. The lowest BCUT2D eigenvalue weighted by molar-refractivity contribution is -0.192. The van der Waals surface area contributed by atoms with Gasteiger partial charge in [-0.05, 0) is 48.4 Å². The number of imidazole rings is 1. The van der Waals surface area contributed by atoms with Crippen molar-refractivity contribution in [2.45, 2.75) is 23.4 Å². The van der Waals surface area contributed by atoms with Crippen LogP contribution in [0.5, 0.6) is 5.75 Å². The number of nitrogen functional groups attached to an aromatic ring is 1. The van der Waals surface area contributed by atoms with Crippen LogP contribution in [0.25, 0.3) is 22.3 Å². The van der Waals surface area contributed by atoms with Crippen molar-refractivity contribution in [2.24, 2.45) is 0 Å². The molecule has 1 unspecified atom stereocenters. The van der Waals surface area contributed by atoms with E-state index in [0.29, 0.717) is 18.8 Å². The summed E-state index contributed by atoms with van der Waals surface area (Å²) < 4.78 is 63.9. The zero-order chi connectivity index (χ0) is 28.5. The van der Waals surface area contributed by atoms with Crippen LogP contribution in [0.3, 0.4) is 0 Å². The van der Waals surface area contributed by atoms with E-state index in [1.165, 1.54) is 18.4 Å². The molecule has 0 radical (unpaired) electrons. The molecule has 0 saturated heterocycles. The van der Waals surface area contributed by atoms with Crippen molar-refractivity contribution < 1.29 is 36.2 Å². The largest absolute Gasteiger partial charge is 0.493 e. The van der Waals surface area contributed by atoms with Gasteiger partial charge in [-0.2, -0.15) is 13.2 Å². The molecule has 5 rings (SSSR count). The molecule has 0 aliphatic carbocycles. The molecule has 1 atom stereocenters. The maximum absolute atomic E-state index is 12.5. The van der Waals surface area contributed by atoms with E-state index < -0.39 is 22.2 Å². The van der Waals surface area contributed by atoms with E-state index in [9.17, 15) is 21.6 Å². The molecule has 4 aromatic rings. The number of hydrogen-bond donors (Lipinski definition) is 3. The molecule has 1 aliphatic heterocycles. The number of rotatable bonds is 4. The van der Waals surface area contributed by atoms with E-state index in [2.05, 4.69) is 15.0 Å². The van der Waals surface area contributed by atoms with Crippen LogP contribution in [0.1, 0.15) is 17.3 Å². The number of carbonyl (C=O) groups is 1. The maximum atomic E-state index is 12.5. The normalized spacial score (nSPS) is 15.3. The standard InChI is InChI=1S/C22H22N6O3S.C2HF3O2/c1-28(2)32(29,30)16-4-6-20-14(10-16)9-15(12-31-20)21-25-18-5-3-13(11-19(18)26-21)17-7-8-24-22(23)27-17;3-2(4,5)1(6)7/h3-8,10-11,15H,9,12H2,1-2H3,(H,25,26)(H2,23,24,27);(H,6,7). The minimum atomic E-state index is -5.08. The third kappa shape index (κ3) is 6.09. The Labute approximate surface area is 220 Å². The summed E-state index contributed by atoms with van der Waals surface area (Å²) in [6.45, 7) is 0.460. The number of aromatic amines is 1. The van der Waals surface area contributed by atoms with E-state index in [4.69, 9.17) is 25.4 Å². The summed E-state index contributed by atoms with van der Waals surface area (Å²) in [4.78, 5) is 25.5. The first-order valence-corrected chi connectivity index (χ1v) is 12.8. The summed E-state index contributed by atoms with van der Waals surface area (Å²) in [6.07, 6.45) is -2.83. The van der Waals surface area contributed by atoms with E-state index in [1.54, 1.807) is 30.5 Å². The number of halogens is 3. The Hall–Kier alpha value is -4.24. The van der Waals surface area contributed by atoms with E-state index in [-0.39, 0.29) is 16.8 Å². The van der Waals surface area contributed by atoms with Gasteiger partial charge in [-0.25, -0.2) is 32.5 Å². The Bertz CT molecular complexity index is 1640. The molecule has 39 heavy (non-hydrogen) atoms. The molecule has 2 aromatic carbocycles. The highest BCUT2D eigenvalue weighted by Gasteiger charge is 2.38. The summed E-state index contributed by atoms with van der Waals surface area (Å²) in [5.74, 6) is -1.05. The molecule has 0 saturated carbocycles. The van der Waals surface area contributed by atoms with Gasteiger partial charge in [0.2, 0.25) is 16.0 Å². The van der Waals surface area contributed by atoms with Crippen molar-refractivity contribution >= 4 is 33.0 Å². The van der Waals surface area contributed by atoms with Gasteiger partial charge in [0.1, 0.15) is 11.6 Å². The average Bonchev–Trinajstić information content (AvgIpc) is 3.31. The number of hydrogen-bond acceptors (Lipinski definition) is 8. The van der Waals surface area contributed by atoms with Gasteiger partial charge in [0.25, 0.3) is 0 Å². The number of carboxylic acids is 1. The van der Waals surface area contributed by atoms with Crippen LogP contribution < -0.4 is 10.5 Å². The van der Waals surface area contributed by atoms with Crippen LogP contribution in [-0.2, 0) is 21.2 Å². The molecule has 206 valence electrons. The lowest BCUT2D eigenvalue weighted by Gasteiger charge is -2.24. The highest BCUT2D eigenvalue weighted by molar-refractivity contribution is 7.89. The molecule has 11 nitrogen and oxygen atoms in total. The van der Waals surface area contributed by atoms with E-state index >= 15 is 0 Å². The van der Waals surface area contributed by atoms with Gasteiger partial charge in [0.05, 0.1) is 34.1 Å². The molecule has 1 aliphatic rings. The van der Waals surface area contributed by atoms with Crippen molar-refractivity contribution in [1.82, 2.24) is 24.2 Å².